The highest BCUT2D eigenvalue weighted by Gasteiger charge is 2.37. The molecule has 5 nitrogen and oxygen atoms in total. The number of hydrogen-bond donors (Lipinski definition) is 0. The van der Waals surface area contributed by atoms with E-state index in [9.17, 15) is 4.79 Å². The quantitative estimate of drug-likeness (QED) is 0.768. The van der Waals surface area contributed by atoms with E-state index in [1.54, 1.807) is 0 Å². The summed E-state index contributed by atoms with van der Waals surface area (Å²) in [4.78, 5) is 17.5. The summed E-state index contributed by atoms with van der Waals surface area (Å²) in [7, 11) is 0. The molecular formula is C26H28N2O3. The molecule has 0 unspecified atom stereocenters. The maximum atomic E-state index is 13.1. The van der Waals surface area contributed by atoms with Crippen molar-refractivity contribution in [2.75, 3.05) is 32.8 Å². The number of ether oxygens (including phenoxy) is 2. The largest absolute Gasteiger partial charge is 0.368 e. The topological polar surface area (TPSA) is 42.0 Å². The Kier molecular flexibility index (Phi) is 5.98. The van der Waals surface area contributed by atoms with Crippen molar-refractivity contribution in [2.45, 2.75) is 24.4 Å². The van der Waals surface area contributed by atoms with Crippen molar-refractivity contribution in [1.29, 1.82) is 0 Å². The molecule has 0 bridgehead atoms. The summed E-state index contributed by atoms with van der Waals surface area (Å²) in [5.41, 5.74) is 2.56. The molecule has 3 atom stereocenters. The molecule has 0 saturated carbocycles. The van der Waals surface area contributed by atoms with Crippen molar-refractivity contribution < 1.29 is 14.3 Å². The van der Waals surface area contributed by atoms with Crippen LogP contribution in [0.5, 0.6) is 0 Å². The van der Waals surface area contributed by atoms with Crippen LogP contribution in [0.25, 0.3) is 0 Å². The van der Waals surface area contributed by atoms with Crippen LogP contribution in [0.4, 0.5) is 0 Å². The highest BCUT2D eigenvalue weighted by molar-refractivity contribution is 5.81. The van der Waals surface area contributed by atoms with Gasteiger partial charge in [0.15, 0.2) is 6.10 Å². The highest BCUT2D eigenvalue weighted by Crippen LogP contribution is 2.30. The molecule has 2 heterocycles. The Bertz CT molecular complexity index is 896. The molecule has 3 aliphatic rings. The van der Waals surface area contributed by atoms with E-state index in [-0.39, 0.29) is 24.2 Å². The number of carbonyl (C=O) groups is 1. The molecule has 0 N–H and O–H groups in total. The van der Waals surface area contributed by atoms with E-state index in [2.05, 4.69) is 65.6 Å². The number of benzene rings is 2. The van der Waals surface area contributed by atoms with Crippen molar-refractivity contribution in [3.8, 4) is 0 Å². The smallest absolute Gasteiger partial charge is 0.254 e. The molecule has 1 aliphatic carbocycles. The number of allylic oxidation sites excluding steroid dienone is 2. The number of nitrogens with zero attached hydrogens (tertiary/aromatic N) is 2. The van der Waals surface area contributed by atoms with Crippen molar-refractivity contribution in [3.63, 3.8) is 0 Å². The monoisotopic (exact) mass is 416 g/mol. The summed E-state index contributed by atoms with van der Waals surface area (Å²) < 4.78 is 11.9. The van der Waals surface area contributed by atoms with Gasteiger partial charge in [0.05, 0.1) is 12.6 Å². The summed E-state index contributed by atoms with van der Waals surface area (Å²) in [5.74, 6) is 0.0389. The molecule has 2 aliphatic heterocycles. The Labute approximate surface area is 183 Å². The van der Waals surface area contributed by atoms with Gasteiger partial charge in [0, 0.05) is 26.2 Å². The summed E-state index contributed by atoms with van der Waals surface area (Å²) >= 11 is 0. The third kappa shape index (κ3) is 4.35. The molecule has 0 aromatic heterocycles. The van der Waals surface area contributed by atoms with Crippen LogP contribution in [0.2, 0.25) is 0 Å². The zero-order valence-electron chi connectivity index (χ0n) is 17.5. The third-order valence-corrected chi connectivity index (χ3v) is 6.30. The molecule has 5 rings (SSSR count). The van der Waals surface area contributed by atoms with Gasteiger partial charge in [-0.05, 0) is 11.1 Å². The molecule has 0 radical (unpaired) electrons. The second-order valence-corrected chi connectivity index (χ2v) is 8.24. The van der Waals surface area contributed by atoms with Gasteiger partial charge in [-0.2, -0.15) is 0 Å². The van der Waals surface area contributed by atoms with Crippen molar-refractivity contribution in [2.24, 2.45) is 0 Å². The minimum Gasteiger partial charge on any atom is -0.368 e. The molecule has 2 fully saturated rings. The molecule has 2 saturated heterocycles. The number of hydrogen-bond acceptors (Lipinski definition) is 4. The van der Waals surface area contributed by atoms with Crippen LogP contribution in [0, 0.1) is 0 Å². The summed E-state index contributed by atoms with van der Waals surface area (Å²) in [5, 5.41) is 0. The van der Waals surface area contributed by atoms with Crippen molar-refractivity contribution >= 4 is 5.91 Å². The van der Waals surface area contributed by atoms with Gasteiger partial charge >= 0.3 is 0 Å². The number of carbonyl (C=O) groups excluding carboxylic acids is 1. The van der Waals surface area contributed by atoms with E-state index < -0.39 is 6.10 Å². The minimum absolute atomic E-state index is 0.0389. The third-order valence-electron chi connectivity index (χ3n) is 6.30. The van der Waals surface area contributed by atoms with Crippen LogP contribution in [-0.2, 0) is 14.3 Å². The van der Waals surface area contributed by atoms with Crippen LogP contribution in [0.3, 0.4) is 0 Å². The number of piperazine rings is 1. The summed E-state index contributed by atoms with van der Waals surface area (Å²) in [6.07, 6.45) is 7.08. The van der Waals surface area contributed by atoms with Gasteiger partial charge < -0.3 is 14.4 Å². The Balaban J connectivity index is 1.25. The summed E-state index contributed by atoms with van der Waals surface area (Å²) in [6, 6.07) is 21.4. The second kappa shape index (κ2) is 9.18. The Hall–Kier alpha value is -2.73. The molecule has 5 heteroatoms. The van der Waals surface area contributed by atoms with Crippen LogP contribution >= 0.6 is 0 Å². The lowest BCUT2D eigenvalue weighted by Gasteiger charge is -2.42. The van der Waals surface area contributed by atoms with Crippen LogP contribution in [0.1, 0.15) is 17.2 Å². The SMILES string of the molecule is O=C([C@@H]1CO[C@@H]2C=CC=C[C@@H]2O1)N1CCN(C(c2ccccc2)c2ccccc2)CC1. The standard InChI is InChI=1S/C26H28N2O3/c29-26(24-19-30-22-13-7-8-14-23(22)31-24)28-17-15-27(16-18-28)25(20-9-3-1-4-10-20)21-11-5-2-6-12-21/h1-14,22-25H,15-19H2/t22-,23+,24+/m1/s1. The highest BCUT2D eigenvalue weighted by atomic mass is 16.6. The number of fused-ring (bicyclic) bond motifs is 1. The first kappa shape index (κ1) is 20.2. The fourth-order valence-electron chi connectivity index (χ4n) is 4.69. The molecule has 2 aromatic rings. The van der Waals surface area contributed by atoms with E-state index in [1.165, 1.54) is 11.1 Å². The second-order valence-electron chi connectivity index (χ2n) is 8.24. The zero-order chi connectivity index (χ0) is 21.0. The van der Waals surface area contributed by atoms with E-state index in [0.717, 1.165) is 13.1 Å². The first-order chi connectivity index (χ1) is 15.3. The normalized spacial score (nSPS) is 26.1. The Morgan fingerprint density at radius 3 is 2.00 bits per heavy atom. The van der Waals surface area contributed by atoms with Crippen molar-refractivity contribution in [3.05, 3.63) is 96.1 Å². The van der Waals surface area contributed by atoms with Gasteiger partial charge in [-0.15, -0.1) is 0 Å². The lowest BCUT2D eigenvalue weighted by molar-refractivity contribution is -0.177. The number of amides is 1. The summed E-state index contributed by atoms with van der Waals surface area (Å²) in [6.45, 7) is 3.34. The van der Waals surface area contributed by atoms with Gasteiger partial charge in [-0.25, -0.2) is 0 Å². The average Bonchev–Trinajstić information content (AvgIpc) is 2.85. The van der Waals surface area contributed by atoms with Gasteiger partial charge in [0.1, 0.15) is 12.2 Å². The van der Waals surface area contributed by atoms with Gasteiger partial charge in [-0.3, -0.25) is 9.69 Å². The van der Waals surface area contributed by atoms with Crippen LogP contribution in [-0.4, -0.2) is 66.8 Å². The number of rotatable bonds is 4. The average molecular weight is 417 g/mol. The fraction of sp³-hybridized carbons (Fsp3) is 0.346. The first-order valence-electron chi connectivity index (χ1n) is 11.0. The molecule has 2 aromatic carbocycles. The van der Waals surface area contributed by atoms with E-state index >= 15 is 0 Å². The lowest BCUT2D eigenvalue weighted by Crippen LogP contribution is -2.55. The molecule has 160 valence electrons. The lowest BCUT2D eigenvalue weighted by atomic mass is 9.96. The molecule has 1 amide bonds. The molecule has 31 heavy (non-hydrogen) atoms. The van der Waals surface area contributed by atoms with E-state index in [1.807, 2.05) is 29.2 Å². The van der Waals surface area contributed by atoms with Crippen LogP contribution < -0.4 is 0 Å². The Morgan fingerprint density at radius 1 is 0.806 bits per heavy atom. The van der Waals surface area contributed by atoms with Crippen molar-refractivity contribution in [1.82, 2.24) is 9.80 Å². The first-order valence-corrected chi connectivity index (χ1v) is 11.0. The maximum Gasteiger partial charge on any atom is 0.254 e. The predicted octanol–water partition coefficient (Wildman–Crippen LogP) is 3.20. The Morgan fingerprint density at radius 2 is 1.39 bits per heavy atom. The van der Waals surface area contributed by atoms with Gasteiger partial charge in [0.25, 0.3) is 5.91 Å². The van der Waals surface area contributed by atoms with Gasteiger partial charge in [-0.1, -0.05) is 85.0 Å². The maximum absolute atomic E-state index is 13.1. The van der Waals surface area contributed by atoms with E-state index in [0.29, 0.717) is 19.7 Å². The van der Waals surface area contributed by atoms with E-state index in [4.69, 9.17) is 9.47 Å². The molecular weight excluding hydrogens is 388 g/mol. The van der Waals surface area contributed by atoms with Crippen LogP contribution in [0.15, 0.2) is 85.0 Å². The predicted molar refractivity (Wildman–Crippen MR) is 120 cm³/mol. The van der Waals surface area contributed by atoms with Gasteiger partial charge in [0.2, 0.25) is 0 Å². The molecule has 0 spiro atoms. The fourth-order valence-corrected chi connectivity index (χ4v) is 4.69. The zero-order valence-corrected chi connectivity index (χ0v) is 17.5. The minimum atomic E-state index is -0.525.